The molecule has 6 nitrogen and oxygen atoms in total. The van der Waals surface area contributed by atoms with Crippen molar-refractivity contribution < 1.29 is 17.9 Å². The number of ether oxygens (including phenoxy) is 1. The lowest BCUT2D eigenvalue weighted by atomic mass is 10.1. The molecule has 0 saturated heterocycles. The molecule has 3 aromatic rings. The Morgan fingerprint density at radius 3 is 2.26 bits per heavy atom. The molecule has 3 rings (SSSR count). The van der Waals surface area contributed by atoms with Crippen molar-refractivity contribution in [3.63, 3.8) is 0 Å². The van der Waals surface area contributed by atoms with Gasteiger partial charge >= 0.3 is 0 Å². The highest BCUT2D eigenvalue weighted by Gasteiger charge is 2.18. The highest BCUT2D eigenvalue weighted by atomic mass is 35.5. The van der Waals surface area contributed by atoms with Crippen molar-refractivity contribution in [1.82, 2.24) is 10.0 Å². The Kier molecular flexibility index (Phi) is 7.68. The second-order valence-electron chi connectivity index (χ2n) is 6.92. The Labute approximate surface area is 187 Å². The molecule has 3 aromatic carbocycles. The summed E-state index contributed by atoms with van der Waals surface area (Å²) in [5.41, 5.74) is 1.79. The SMILES string of the molecule is CC(NS(=O)(=O)c1ccc(OCC(=O)NCc2ccc(Cl)cc2)cc1)c1ccccc1. The Balaban J connectivity index is 1.51. The first-order valence-corrected chi connectivity index (χ1v) is 11.5. The van der Waals surface area contributed by atoms with Crippen molar-refractivity contribution in [3.8, 4) is 5.75 Å². The maximum absolute atomic E-state index is 12.6. The fourth-order valence-electron chi connectivity index (χ4n) is 2.83. The highest BCUT2D eigenvalue weighted by Crippen LogP contribution is 2.19. The zero-order chi connectivity index (χ0) is 22.3. The van der Waals surface area contributed by atoms with E-state index >= 15 is 0 Å². The van der Waals surface area contributed by atoms with Crippen molar-refractivity contribution in [3.05, 3.63) is 95.0 Å². The lowest BCUT2D eigenvalue weighted by Gasteiger charge is -2.15. The van der Waals surface area contributed by atoms with Crippen LogP contribution in [0.4, 0.5) is 0 Å². The van der Waals surface area contributed by atoms with E-state index in [4.69, 9.17) is 16.3 Å². The zero-order valence-electron chi connectivity index (χ0n) is 16.9. The third-order valence-corrected chi connectivity index (χ3v) is 6.35. The van der Waals surface area contributed by atoms with Gasteiger partial charge in [-0.25, -0.2) is 13.1 Å². The molecule has 0 aliphatic heterocycles. The van der Waals surface area contributed by atoms with Gasteiger partial charge in [-0.1, -0.05) is 54.1 Å². The smallest absolute Gasteiger partial charge is 0.258 e. The van der Waals surface area contributed by atoms with E-state index in [2.05, 4.69) is 10.0 Å². The van der Waals surface area contributed by atoms with Crippen LogP contribution in [0.15, 0.2) is 83.8 Å². The first kappa shape index (κ1) is 22.8. The van der Waals surface area contributed by atoms with Crippen LogP contribution in [0, 0.1) is 0 Å². The topological polar surface area (TPSA) is 84.5 Å². The van der Waals surface area contributed by atoms with Crippen molar-refractivity contribution in [2.45, 2.75) is 24.4 Å². The first-order valence-electron chi connectivity index (χ1n) is 9.65. The van der Waals surface area contributed by atoms with Crippen LogP contribution >= 0.6 is 11.6 Å². The number of carbonyl (C=O) groups is 1. The number of halogens is 1. The molecular formula is C23H23ClN2O4S. The second kappa shape index (κ2) is 10.4. The Morgan fingerprint density at radius 2 is 1.61 bits per heavy atom. The van der Waals surface area contributed by atoms with E-state index in [9.17, 15) is 13.2 Å². The van der Waals surface area contributed by atoms with Gasteiger partial charge in [0.05, 0.1) is 4.90 Å². The normalized spacial score (nSPS) is 12.2. The minimum atomic E-state index is -3.69. The van der Waals surface area contributed by atoms with Crippen LogP contribution in [0.1, 0.15) is 24.1 Å². The zero-order valence-corrected chi connectivity index (χ0v) is 18.5. The van der Waals surface area contributed by atoms with Crippen LogP contribution < -0.4 is 14.8 Å². The number of sulfonamides is 1. The lowest BCUT2D eigenvalue weighted by Crippen LogP contribution is -2.28. The Bertz CT molecular complexity index is 1100. The average Bonchev–Trinajstić information content (AvgIpc) is 2.78. The quantitative estimate of drug-likeness (QED) is 0.506. The molecule has 0 bridgehead atoms. The molecular weight excluding hydrogens is 436 g/mol. The van der Waals surface area contributed by atoms with Crippen molar-refractivity contribution in [2.75, 3.05) is 6.61 Å². The minimum absolute atomic E-state index is 0.120. The summed E-state index contributed by atoms with van der Waals surface area (Å²) in [5, 5.41) is 3.38. The number of rotatable bonds is 9. The molecule has 2 N–H and O–H groups in total. The predicted molar refractivity (Wildman–Crippen MR) is 120 cm³/mol. The van der Waals surface area contributed by atoms with Crippen LogP contribution in [0.25, 0.3) is 0 Å². The molecule has 8 heteroatoms. The standard InChI is InChI=1S/C23H23ClN2O4S/c1-17(19-5-3-2-4-6-19)26-31(28,29)22-13-11-21(12-14-22)30-16-23(27)25-15-18-7-9-20(24)10-8-18/h2-14,17,26H,15-16H2,1H3,(H,25,27). The summed E-state index contributed by atoms with van der Waals surface area (Å²) >= 11 is 5.83. The molecule has 1 amide bonds. The number of amides is 1. The van der Waals surface area contributed by atoms with Gasteiger partial charge in [0.25, 0.3) is 5.91 Å². The minimum Gasteiger partial charge on any atom is -0.484 e. The molecule has 0 saturated carbocycles. The fraction of sp³-hybridized carbons (Fsp3) is 0.174. The van der Waals surface area contributed by atoms with Gasteiger partial charge in [0.2, 0.25) is 10.0 Å². The van der Waals surface area contributed by atoms with Crippen LogP contribution in [0.2, 0.25) is 5.02 Å². The number of hydrogen-bond donors (Lipinski definition) is 2. The lowest BCUT2D eigenvalue weighted by molar-refractivity contribution is -0.123. The molecule has 1 atom stereocenters. The van der Waals surface area contributed by atoms with Crippen LogP contribution in [-0.4, -0.2) is 20.9 Å². The van der Waals surface area contributed by atoms with E-state index in [0.717, 1.165) is 11.1 Å². The van der Waals surface area contributed by atoms with Gasteiger partial charge in [-0.05, 0) is 54.4 Å². The first-order chi connectivity index (χ1) is 14.8. The third-order valence-electron chi connectivity index (χ3n) is 4.54. The predicted octanol–water partition coefficient (Wildman–Crippen LogP) is 4.07. The fourth-order valence-corrected chi connectivity index (χ4v) is 4.19. The van der Waals surface area contributed by atoms with Gasteiger partial charge in [-0.2, -0.15) is 0 Å². The molecule has 0 radical (unpaired) electrons. The second-order valence-corrected chi connectivity index (χ2v) is 9.07. The van der Waals surface area contributed by atoms with Crippen LogP contribution in [-0.2, 0) is 21.4 Å². The van der Waals surface area contributed by atoms with Gasteiger partial charge < -0.3 is 10.1 Å². The van der Waals surface area contributed by atoms with Gasteiger partial charge in [-0.3, -0.25) is 4.79 Å². The summed E-state index contributed by atoms with van der Waals surface area (Å²) in [7, 11) is -3.69. The molecule has 1 unspecified atom stereocenters. The van der Waals surface area contributed by atoms with Crippen molar-refractivity contribution in [1.29, 1.82) is 0 Å². The maximum Gasteiger partial charge on any atom is 0.258 e. The molecule has 0 aromatic heterocycles. The van der Waals surface area contributed by atoms with Gasteiger partial charge in [-0.15, -0.1) is 0 Å². The van der Waals surface area contributed by atoms with Gasteiger partial charge in [0.1, 0.15) is 5.75 Å². The molecule has 0 spiro atoms. The summed E-state index contributed by atoms with van der Waals surface area (Å²) in [6.07, 6.45) is 0. The summed E-state index contributed by atoms with van der Waals surface area (Å²) in [6.45, 7) is 1.97. The van der Waals surface area contributed by atoms with E-state index in [0.29, 0.717) is 17.3 Å². The van der Waals surface area contributed by atoms with Crippen LogP contribution in [0.5, 0.6) is 5.75 Å². The average molecular weight is 459 g/mol. The highest BCUT2D eigenvalue weighted by molar-refractivity contribution is 7.89. The van der Waals surface area contributed by atoms with E-state index in [1.54, 1.807) is 19.1 Å². The molecule has 31 heavy (non-hydrogen) atoms. The van der Waals surface area contributed by atoms with E-state index in [1.807, 2.05) is 42.5 Å². The summed E-state index contributed by atoms with van der Waals surface area (Å²) in [6, 6.07) is 22.1. The van der Waals surface area contributed by atoms with Gasteiger partial charge in [0.15, 0.2) is 6.61 Å². The van der Waals surface area contributed by atoms with E-state index < -0.39 is 10.0 Å². The Hall–Kier alpha value is -2.87. The number of benzene rings is 3. The number of hydrogen-bond acceptors (Lipinski definition) is 4. The van der Waals surface area contributed by atoms with E-state index in [1.165, 1.54) is 24.3 Å². The molecule has 0 heterocycles. The summed E-state index contributed by atoms with van der Waals surface area (Å²) in [4.78, 5) is 12.1. The van der Waals surface area contributed by atoms with Gasteiger partial charge in [0, 0.05) is 17.6 Å². The number of nitrogens with one attached hydrogen (secondary N) is 2. The molecule has 0 aliphatic carbocycles. The molecule has 0 aliphatic rings. The monoisotopic (exact) mass is 458 g/mol. The largest absolute Gasteiger partial charge is 0.484 e. The van der Waals surface area contributed by atoms with Crippen molar-refractivity contribution in [2.24, 2.45) is 0 Å². The Morgan fingerprint density at radius 1 is 0.968 bits per heavy atom. The maximum atomic E-state index is 12.6. The molecule has 0 fully saturated rings. The van der Waals surface area contributed by atoms with Crippen molar-refractivity contribution >= 4 is 27.5 Å². The number of carbonyl (C=O) groups excluding carboxylic acids is 1. The summed E-state index contributed by atoms with van der Waals surface area (Å²) < 4.78 is 33.3. The molecule has 162 valence electrons. The third kappa shape index (κ3) is 6.82. The van der Waals surface area contributed by atoms with E-state index in [-0.39, 0.29) is 23.5 Å². The van der Waals surface area contributed by atoms with Crippen LogP contribution in [0.3, 0.4) is 0 Å². The summed E-state index contributed by atoms with van der Waals surface area (Å²) in [5.74, 6) is 0.113.